The van der Waals surface area contributed by atoms with E-state index in [0.29, 0.717) is 31.4 Å². The monoisotopic (exact) mass is 386 g/mol. The van der Waals surface area contributed by atoms with Crippen molar-refractivity contribution in [1.82, 2.24) is 15.8 Å². The predicted molar refractivity (Wildman–Crippen MR) is 93.7 cm³/mol. The van der Waals surface area contributed by atoms with Gasteiger partial charge >= 0.3 is 6.18 Å². The van der Waals surface area contributed by atoms with Crippen molar-refractivity contribution >= 4 is 5.96 Å². The lowest BCUT2D eigenvalue weighted by Gasteiger charge is -2.16. The minimum absolute atomic E-state index is 0.0691. The van der Waals surface area contributed by atoms with Gasteiger partial charge in [0.2, 0.25) is 0 Å². The van der Waals surface area contributed by atoms with Crippen molar-refractivity contribution in [1.29, 1.82) is 0 Å². The summed E-state index contributed by atoms with van der Waals surface area (Å²) < 4.78 is 57.7. The molecule has 9 heteroatoms. The average molecular weight is 386 g/mol. The van der Waals surface area contributed by atoms with E-state index in [-0.39, 0.29) is 12.1 Å². The van der Waals surface area contributed by atoms with Crippen LogP contribution in [-0.4, -0.2) is 18.2 Å². The number of hydrogen-bond donors (Lipinski definition) is 2. The zero-order valence-electron chi connectivity index (χ0n) is 15.4. The van der Waals surface area contributed by atoms with Crippen molar-refractivity contribution in [2.24, 2.45) is 4.99 Å². The summed E-state index contributed by atoms with van der Waals surface area (Å²) in [5.41, 5.74) is 0.666. The molecule has 0 bridgehead atoms. The molecule has 0 aliphatic rings. The van der Waals surface area contributed by atoms with Gasteiger partial charge in [0.25, 0.3) is 0 Å². The van der Waals surface area contributed by atoms with Crippen LogP contribution in [0.3, 0.4) is 0 Å². The van der Waals surface area contributed by atoms with Crippen molar-refractivity contribution in [3.8, 4) is 0 Å². The number of benzene rings is 1. The van der Waals surface area contributed by atoms with E-state index in [0.717, 1.165) is 29.2 Å². The molecule has 1 aromatic heterocycles. The molecule has 1 aromatic carbocycles. The van der Waals surface area contributed by atoms with Crippen LogP contribution in [0.4, 0.5) is 17.6 Å². The molecule has 5 nitrogen and oxygen atoms in total. The Labute approximate surface area is 154 Å². The quantitative estimate of drug-likeness (QED) is 0.450. The first-order chi connectivity index (χ1) is 12.8. The van der Waals surface area contributed by atoms with Crippen LogP contribution in [0.1, 0.15) is 42.0 Å². The number of aromatic nitrogens is 1. The van der Waals surface area contributed by atoms with Crippen molar-refractivity contribution in [3.05, 3.63) is 52.2 Å². The highest BCUT2D eigenvalue weighted by atomic mass is 19.4. The lowest BCUT2D eigenvalue weighted by atomic mass is 10.1. The second-order valence-corrected chi connectivity index (χ2v) is 5.82. The van der Waals surface area contributed by atoms with E-state index >= 15 is 0 Å². The molecule has 0 saturated heterocycles. The van der Waals surface area contributed by atoms with Crippen LogP contribution in [0.25, 0.3) is 0 Å². The smallest absolute Gasteiger partial charge is 0.361 e. The SMILES string of the molecule is CCc1noc(CC)c1CNC(=NC)NCc1ccc(F)cc1C(F)(F)F. The Bertz CT molecular complexity index is 778. The zero-order valence-corrected chi connectivity index (χ0v) is 15.4. The highest BCUT2D eigenvalue weighted by Gasteiger charge is 2.33. The normalized spacial score (nSPS) is 12.3. The van der Waals surface area contributed by atoms with Gasteiger partial charge in [-0.2, -0.15) is 13.2 Å². The number of hydrogen-bond acceptors (Lipinski definition) is 3. The van der Waals surface area contributed by atoms with E-state index in [1.54, 1.807) is 0 Å². The van der Waals surface area contributed by atoms with Gasteiger partial charge < -0.3 is 15.2 Å². The Morgan fingerprint density at radius 2 is 1.85 bits per heavy atom. The average Bonchev–Trinajstić information content (AvgIpc) is 3.04. The minimum Gasteiger partial charge on any atom is -0.361 e. The van der Waals surface area contributed by atoms with Crippen LogP contribution in [0.15, 0.2) is 27.7 Å². The van der Waals surface area contributed by atoms with E-state index in [1.165, 1.54) is 7.05 Å². The molecule has 1 heterocycles. The van der Waals surface area contributed by atoms with Crippen LogP contribution < -0.4 is 10.6 Å². The molecular formula is C18H22F4N4O. The number of guanidine groups is 1. The number of nitrogens with zero attached hydrogens (tertiary/aromatic N) is 2. The summed E-state index contributed by atoms with van der Waals surface area (Å²) in [5.74, 6) is 0.144. The van der Waals surface area contributed by atoms with Crippen molar-refractivity contribution in [2.45, 2.75) is 46.0 Å². The Morgan fingerprint density at radius 1 is 1.15 bits per heavy atom. The van der Waals surface area contributed by atoms with Crippen LogP contribution in [0.2, 0.25) is 0 Å². The second kappa shape index (κ2) is 8.88. The molecule has 0 aliphatic carbocycles. The number of alkyl halides is 3. The van der Waals surface area contributed by atoms with Crippen LogP contribution in [0.5, 0.6) is 0 Å². The number of halogens is 4. The standard InChI is InChI=1S/C18H22F4N4O/c1-4-15-13(16(5-2)27-26-15)10-25-17(23-3)24-9-11-6-7-12(19)8-14(11)18(20,21)22/h6-8H,4-5,9-10H2,1-3H3,(H2,23,24,25). The van der Waals surface area contributed by atoms with Crippen LogP contribution in [0, 0.1) is 5.82 Å². The van der Waals surface area contributed by atoms with Gasteiger partial charge in [0.1, 0.15) is 11.6 Å². The van der Waals surface area contributed by atoms with Crippen molar-refractivity contribution in [2.75, 3.05) is 7.05 Å². The molecule has 0 atom stereocenters. The molecule has 0 unspecified atom stereocenters. The first-order valence-electron chi connectivity index (χ1n) is 8.56. The Kier molecular flexibility index (Phi) is 6.81. The highest BCUT2D eigenvalue weighted by molar-refractivity contribution is 5.79. The Hall–Kier alpha value is -2.58. The lowest BCUT2D eigenvalue weighted by molar-refractivity contribution is -0.138. The van der Waals surface area contributed by atoms with Gasteiger partial charge in [-0.1, -0.05) is 25.1 Å². The zero-order chi connectivity index (χ0) is 20.0. The number of aliphatic imine (C=N–C) groups is 1. The molecule has 148 valence electrons. The molecule has 2 N–H and O–H groups in total. The van der Waals surface area contributed by atoms with E-state index in [2.05, 4.69) is 20.8 Å². The minimum atomic E-state index is -4.63. The third-order valence-electron chi connectivity index (χ3n) is 4.09. The third kappa shape index (κ3) is 5.21. The third-order valence-corrected chi connectivity index (χ3v) is 4.09. The maximum absolute atomic E-state index is 13.2. The summed E-state index contributed by atoms with van der Waals surface area (Å²) in [6.45, 7) is 4.13. The fraction of sp³-hybridized carbons (Fsp3) is 0.444. The molecule has 0 aliphatic heterocycles. The molecule has 0 radical (unpaired) electrons. The lowest BCUT2D eigenvalue weighted by Crippen LogP contribution is -2.37. The van der Waals surface area contributed by atoms with Gasteiger partial charge in [0.05, 0.1) is 11.3 Å². The van der Waals surface area contributed by atoms with Gasteiger partial charge in [0.15, 0.2) is 5.96 Å². The first kappa shape index (κ1) is 20.7. The van der Waals surface area contributed by atoms with Gasteiger partial charge in [-0.3, -0.25) is 4.99 Å². The highest BCUT2D eigenvalue weighted by Crippen LogP contribution is 2.32. The van der Waals surface area contributed by atoms with Crippen molar-refractivity contribution in [3.63, 3.8) is 0 Å². The van der Waals surface area contributed by atoms with Crippen LogP contribution in [-0.2, 0) is 32.1 Å². The van der Waals surface area contributed by atoms with E-state index in [9.17, 15) is 17.6 Å². The summed E-state index contributed by atoms with van der Waals surface area (Å²) in [4.78, 5) is 4.01. The Morgan fingerprint density at radius 3 is 2.44 bits per heavy atom. The molecule has 0 amide bonds. The maximum Gasteiger partial charge on any atom is 0.416 e. The number of aryl methyl sites for hydroxylation is 2. The van der Waals surface area contributed by atoms with Gasteiger partial charge in [-0.15, -0.1) is 0 Å². The molecule has 0 spiro atoms. The Balaban J connectivity index is 2.06. The van der Waals surface area contributed by atoms with E-state index in [4.69, 9.17) is 4.52 Å². The summed E-state index contributed by atoms with van der Waals surface area (Å²) in [7, 11) is 1.51. The second-order valence-electron chi connectivity index (χ2n) is 5.82. The van der Waals surface area contributed by atoms with Gasteiger partial charge in [-0.25, -0.2) is 4.39 Å². The molecule has 0 saturated carbocycles. The first-order valence-corrected chi connectivity index (χ1v) is 8.56. The molecular weight excluding hydrogens is 364 g/mol. The fourth-order valence-corrected chi connectivity index (χ4v) is 2.68. The topological polar surface area (TPSA) is 62.5 Å². The van der Waals surface area contributed by atoms with Gasteiger partial charge in [0, 0.05) is 32.1 Å². The molecule has 0 fully saturated rings. The molecule has 27 heavy (non-hydrogen) atoms. The summed E-state index contributed by atoms with van der Waals surface area (Å²) >= 11 is 0. The number of nitrogens with one attached hydrogen (secondary N) is 2. The summed E-state index contributed by atoms with van der Waals surface area (Å²) in [6, 6.07) is 2.61. The summed E-state index contributed by atoms with van der Waals surface area (Å²) in [5, 5.41) is 9.88. The number of rotatable bonds is 6. The molecule has 2 aromatic rings. The van der Waals surface area contributed by atoms with Crippen molar-refractivity contribution < 1.29 is 22.1 Å². The van der Waals surface area contributed by atoms with Crippen LogP contribution >= 0.6 is 0 Å². The molecule has 2 rings (SSSR count). The van der Waals surface area contributed by atoms with E-state index < -0.39 is 17.6 Å². The maximum atomic E-state index is 13.2. The largest absolute Gasteiger partial charge is 0.416 e. The fourth-order valence-electron chi connectivity index (χ4n) is 2.68. The predicted octanol–water partition coefficient (Wildman–Crippen LogP) is 3.82. The van der Waals surface area contributed by atoms with Gasteiger partial charge in [-0.05, 0) is 24.1 Å². The van der Waals surface area contributed by atoms with E-state index in [1.807, 2.05) is 13.8 Å². The summed E-state index contributed by atoms with van der Waals surface area (Å²) in [6.07, 6.45) is -3.25.